The van der Waals surface area contributed by atoms with Gasteiger partial charge in [0.1, 0.15) is 0 Å². The summed E-state index contributed by atoms with van der Waals surface area (Å²) in [5.41, 5.74) is 3.63. The predicted molar refractivity (Wildman–Crippen MR) is 72.5 cm³/mol. The Hall–Kier alpha value is -1.36. The van der Waals surface area contributed by atoms with Crippen LogP contribution in [-0.4, -0.2) is 34.0 Å². The smallest absolute Gasteiger partial charge is 0.0607 e. The van der Waals surface area contributed by atoms with Gasteiger partial charge in [-0.3, -0.25) is 0 Å². The van der Waals surface area contributed by atoms with Crippen LogP contribution in [-0.2, 0) is 13.6 Å². The van der Waals surface area contributed by atoms with Crippen molar-refractivity contribution < 1.29 is 10.2 Å². The first-order valence-electron chi connectivity index (χ1n) is 6.17. The summed E-state index contributed by atoms with van der Waals surface area (Å²) in [6.07, 6.45) is 0. The van der Waals surface area contributed by atoms with E-state index in [0.29, 0.717) is 6.54 Å². The van der Waals surface area contributed by atoms with Gasteiger partial charge in [0.15, 0.2) is 0 Å². The van der Waals surface area contributed by atoms with Crippen LogP contribution in [0, 0.1) is 6.92 Å². The van der Waals surface area contributed by atoms with Crippen LogP contribution in [0.25, 0.3) is 10.9 Å². The third-order valence-electron chi connectivity index (χ3n) is 3.51. The molecule has 0 atom stereocenters. The zero-order chi connectivity index (χ0) is 13.1. The molecule has 3 N–H and O–H groups in total. The van der Waals surface area contributed by atoms with Crippen molar-refractivity contribution in [3.05, 3.63) is 35.5 Å². The second-order valence-electron chi connectivity index (χ2n) is 4.59. The van der Waals surface area contributed by atoms with Gasteiger partial charge in [-0.2, -0.15) is 0 Å². The molecule has 0 aliphatic heterocycles. The SMILES string of the molecule is Cc1c(CNC(CO)CO)n(C)c2ccccc12. The number of fused-ring (bicyclic) bond motifs is 1. The largest absolute Gasteiger partial charge is 0.395 e. The number of aliphatic hydroxyl groups is 2. The first-order valence-corrected chi connectivity index (χ1v) is 6.17. The molecule has 0 radical (unpaired) electrons. The molecule has 0 fully saturated rings. The van der Waals surface area contributed by atoms with Crippen molar-refractivity contribution in [2.75, 3.05) is 13.2 Å². The molecule has 0 aliphatic carbocycles. The van der Waals surface area contributed by atoms with Gasteiger partial charge in [-0.05, 0) is 18.6 Å². The summed E-state index contributed by atoms with van der Waals surface area (Å²) in [5, 5.41) is 22.5. The number of aryl methyl sites for hydroxylation is 2. The Kier molecular flexibility index (Phi) is 4.01. The Morgan fingerprint density at radius 3 is 2.50 bits per heavy atom. The first kappa shape index (κ1) is 13.1. The van der Waals surface area contributed by atoms with E-state index in [1.165, 1.54) is 22.2 Å². The summed E-state index contributed by atoms with van der Waals surface area (Å²) in [7, 11) is 2.04. The van der Waals surface area contributed by atoms with Crippen molar-refractivity contribution in [1.82, 2.24) is 9.88 Å². The van der Waals surface area contributed by atoms with Gasteiger partial charge in [0.05, 0.1) is 19.3 Å². The van der Waals surface area contributed by atoms with Gasteiger partial charge in [0, 0.05) is 30.2 Å². The molecule has 4 nitrogen and oxygen atoms in total. The number of para-hydroxylation sites is 1. The molecule has 1 aromatic heterocycles. The summed E-state index contributed by atoms with van der Waals surface area (Å²) in [6.45, 7) is 2.63. The van der Waals surface area contributed by atoms with Crippen LogP contribution in [0.5, 0.6) is 0 Å². The molecule has 4 heteroatoms. The van der Waals surface area contributed by atoms with Gasteiger partial charge in [0.2, 0.25) is 0 Å². The highest BCUT2D eigenvalue weighted by molar-refractivity contribution is 5.85. The quantitative estimate of drug-likeness (QED) is 0.738. The number of hydrogen-bond donors (Lipinski definition) is 3. The van der Waals surface area contributed by atoms with E-state index in [0.717, 1.165) is 0 Å². The van der Waals surface area contributed by atoms with E-state index in [9.17, 15) is 0 Å². The number of nitrogens with zero attached hydrogens (tertiary/aromatic N) is 1. The summed E-state index contributed by atoms with van der Waals surface area (Å²) < 4.78 is 2.16. The molecule has 0 saturated heterocycles. The summed E-state index contributed by atoms with van der Waals surface area (Å²) in [5.74, 6) is 0. The highest BCUT2D eigenvalue weighted by Gasteiger charge is 2.12. The average Bonchev–Trinajstić information content (AvgIpc) is 2.65. The topological polar surface area (TPSA) is 57.4 Å². The Balaban J connectivity index is 2.28. The maximum Gasteiger partial charge on any atom is 0.0607 e. The standard InChI is InChI=1S/C14H20N2O2/c1-10-12-5-3-4-6-13(12)16(2)14(10)7-15-11(8-17)9-18/h3-6,11,15,17-18H,7-9H2,1-2H3. The molecule has 1 heterocycles. The van der Waals surface area contributed by atoms with E-state index < -0.39 is 0 Å². The van der Waals surface area contributed by atoms with E-state index in [2.05, 4.69) is 28.9 Å². The highest BCUT2D eigenvalue weighted by atomic mass is 16.3. The molecule has 2 aromatic rings. The van der Waals surface area contributed by atoms with Crippen molar-refractivity contribution in [2.24, 2.45) is 7.05 Å². The van der Waals surface area contributed by atoms with E-state index in [1.54, 1.807) is 0 Å². The highest BCUT2D eigenvalue weighted by Crippen LogP contribution is 2.24. The van der Waals surface area contributed by atoms with Crippen LogP contribution in [0.2, 0.25) is 0 Å². The average molecular weight is 248 g/mol. The molecule has 0 amide bonds. The minimum atomic E-state index is -0.262. The number of aromatic nitrogens is 1. The maximum atomic E-state index is 9.05. The van der Waals surface area contributed by atoms with Crippen LogP contribution in [0.1, 0.15) is 11.3 Å². The van der Waals surface area contributed by atoms with E-state index in [1.807, 2.05) is 19.2 Å². The first-order chi connectivity index (χ1) is 8.69. The van der Waals surface area contributed by atoms with Crippen molar-refractivity contribution in [1.29, 1.82) is 0 Å². The monoisotopic (exact) mass is 248 g/mol. The lowest BCUT2D eigenvalue weighted by atomic mass is 10.1. The van der Waals surface area contributed by atoms with Crippen LogP contribution in [0.3, 0.4) is 0 Å². The Morgan fingerprint density at radius 1 is 1.22 bits per heavy atom. The Labute approximate surface area is 107 Å². The number of benzene rings is 1. The molecule has 0 saturated carbocycles. The zero-order valence-electron chi connectivity index (χ0n) is 10.8. The number of nitrogens with one attached hydrogen (secondary N) is 1. The summed E-state index contributed by atoms with van der Waals surface area (Å²) in [4.78, 5) is 0. The third kappa shape index (κ3) is 2.27. The van der Waals surface area contributed by atoms with Gasteiger partial charge in [-0.25, -0.2) is 0 Å². The molecular formula is C14H20N2O2. The lowest BCUT2D eigenvalue weighted by molar-refractivity contribution is 0.170. The van der Waals surface area contributed by atoms with Gasteiger partial charge < -0.3 is 20.1 Å². The molecule has 0 aliphatic rings. The fourth-order valence-electron chi connectivity index (χ4n) is 2.31. The van der Waals surface area contributed by atoms with Crippen molar-refractivity contribution in [2.45, 2.75) is 19.5 Å². The van der Waals surface area contributed by atoms with Crippen LogP contribution < -0.4 is 5.32 Å². The van der Waals surface area contributed by atoms with Crippen LogP contribution in [0.15, 0.2) is 24.3 Å². The second kappa shape index (κ2) is 5.52. The lowest BCUT2D eigenvalue weighted by Crippen LogP contribution is -2.35. The molecular weight excluding hydrogens is 228 g/mol. The fourth-order valence-corrected chi connectivity index (χ4v) is 2.31. The van der Waals surface area contributed by atoms with Gasteiger partial charge in [-0.15, -0.1) is 0 Å². The second-order valence-corrected chi connectivity index (χ2v) is 4.59. The molecule has 0 bridgehead atoms. The number of rotatable bonds is 5. The molecule has 2 rings (SSSR count). The van der Waals surface area contributed by atoms with E-state index in [4.69, 9.17) is 10.2 Å². The molecule has 98 valence electrons. The van der Waals surface area contributed by atoms with E-state index >= 15 is 0 Å². The number of hydrogen-bond acceptors (Lipinski definition) is 3. The Bertz CT molecular complexity index is 491. The van der Waals surface area contributed by atoms with Crippen LogP contribution >= 0.6 is 0 Å². The molecule has 0 spiro atoms. The van der Waals surface area contributed by atoms with E-state index in [-0.39, 0.29) is 19.3 Å². The maximum absolute atomic E-state index is 9.05. The van der Waals surface area contributed by atoms with Crippen molar-refractivity contribution in [3.8, 4) is 0 Å². The van der Waals surface area contributed by atoms with Crippen LogP contribution in [0.4, 0.5) is 0 Å². The van der Waals surface area contributed by atoms with Gasteiger partial charge >= 0.3 is 0 Å². The normalized spacial score (nSPS) is 11.6. The molecule has 0 unspecified atom stereocenters. The molecule has 1 aromatic carbocycles. The lowest BCUT2D eigenvalue weighted by Gasteiger charge is -2.14. The summed E-state index contributed by atoms with van der Waals surface area (Å²) in [6, 6.07) is 8.02. The fraction of sp³-hybridized carbons (Fsp3) is 0.429. The minimum Gasteiger partial charge on any atom is -0.395 e. The molecule has 18 heavy (non-hydrogen) atoms. The van der Waals surface area contributed by atoms with Crippen molar-refractivity contribution in [3.63, 3.8) is 0 Å². The van der Waals surface area contributed by atoms with Gasteiger partial charge in [-0.1, -0.05) is 18.2 Å². The van der Waals surface area contributed by atoms with Gasteiger partial charge in [0.25, 0.3) is 0 Å². The summed E-state index contributed by atoms with van der Waals surface area (Å²) >= 11 is 0. The predicted octanol–water partition coefficient (Wildman–Crippen LogP) is 0.930. The van der Waals surface area contributed by atoms with Crippen molar-refractivity contribution >= 4 is 10.9 Å². The minimum absolute atomic E-state index is 0.0561. The number of aliphatic hydroxyl groups excluding tert-OH is 2. The zero-order valence-corrected chi connectivity index (χ0v) is 10.8. The Morgan fingerprint density at radius 2 is 1.89 bits per heavy atom. The third-order valence-corrected chi connectivity index (χ3v) is 3.51.